The highest BCUT2D eigenvalue weighted by atomic mass is 35.5. The van der Waals surface area contributed by atoms with E-state index >= 15 is 0 Å². The van der Waals surface area contributed by atoms with Crippen molar-refractivity contribution in [2.45, 2.75) is 13.0 Å². The molecule has 2 rings (SSSR count). The molecule has 0 fully saturated rings. The number of nitrogens with two attached hydrogens (primary N) is 1. The van der Waals surface area contributed by atoms with Crippen LogP contribution in [0.1, 0.15) is 24.1 Å². The van der Waals surface area contributed by atoms with Crippen LogP contribution in [0.5, 0.6) is 5.75 Å². The number of ether oxygens (including phenoxy) is 1. The van der Waals surface area contributed by atoms with Crippen LogP contribution in [0.15, 0.2) is 42.5 Å². The van der Waals surface area contributed by atoms with E-state index in [1.807, 2.05) is 31.2 Å². The largest absolute Gasteiger partial charge is 0.494 e. The molecule has 2 aromatic rings. The molecule has 0 heterocycles. The van der Waals surface area contributed by atoms with Crippen LogP contribution >= 0.6 is 23.2 Å². The van der Waals surface area contributed by atoms with Crippen molar-refractivity contribution < 1.29 is 4.74 Å². The molecule has 0 spiro atoms. The topological polar surface area (TPSA) is 47.3 Å². The van der Waals surface area contributed by atoms with Gasteiger partial charge in [0.25, 0.3) is 0 Å². The third kappa shape index (κ3) is 3.25. The Labute approximate surface area is 128 Å². The van der Waals surface area contributed by atoms with Gasteiger partial charge in [-0.05, 0) is 36.8 Å². The number of halogens is 2. The Morgan fingerprint density at radius 1 is 1.15 bits per heavy atom. The van der Waals surface area contributed by atoms with E-state index in [0.717, 1.165) is 16.9 Å². The predicted molar refractivity (Wildman–Crippen MR) is 83.2 cm³/mol. The normalized spacial score (nSPS) is 12.2. The summed E-state index contributed by atoms with van der Waals surface area (Å²) in [6.45, 7) is 2.55. The monoisotopic (exact) mass is 310 g/mol. The van der Waals surface area contributed by atoms with E-state index < -0.39 is 0 Å². The number of hydrazine groups is 1. The molecule has 0 saturated heterocycles. The minimum absolute atomic E-state index is 0.295. The highest BCUT2D eigenvalue weighted by Gasteiger charge is 2.19. The third-order valence-electron chi connectivity index (χ3n) is 2.96. The molecule has 0 bridgehead atoms. The van der Waals surface area contributed by atoms with Crippen LogP contribution in [0.4, 0.5) is 0 Å². The maximum absolute atomic E-state index is 6.24. The summed E-state index contributed by atoms with van der Waals surface area (Å²) in [5, 5.41) is 1.14. The molecule has 2 aromatic carbocycles. The standard InChI is InChI=1S/C15H16Cl2N2O/c1-2-20-11-6-3-5-10(9-11)15(19-18)14-12(16)7-4-8-13(14)17/h3-9,15,19H,2,18H2,1H3. The number of nitrogens with one attached hydrogen (secondary N) is 1. The van der Waals surface area contributed by atoms with Crippen LogP contribution < -0.4 is 16.0 Å². The molecule has 1 atom stereocenters. The first-order chi connectivity index (χ1) is 9.67. The van der Waals surface area contributed by atoms with Crippen molar-refractivity contribution in [1.82, 2.24) is 5.43 Å². The van der Waals surface area contributed by atoms with Gasteiger partial charge in [0.15, 0.2) is 0 Å². The first kappa shape index (κ1) is 15.1. The summed E-state index contributed by atoms with van der Waals surface area (Å²) >= 11 is 12.5. The van der Waals surface area contributed by atoms with Gasteiger partial charge in [-0.1, -0.05) is 41.4 Å². The summed E-state index contributed by atoms with van der Waals surface area (Å²) in [7, 11) is 0. The smallest absolute Gasteiger partial charge is 0.119 e. The molecular weight excluding hydrogens is 295 g/mol. The van der Waals surface area contributed by atoms with Gasteiger partial charge in [0.05, 0.1) is 12.6 Å². The molecule has 0 aliphatic heterocycles. The molecule has 5 heteroatoms. The lowest BCUT2D eigenvalue weighted by atomic mass is 9.99. The van der Waals surface area contributed by atoms with E-state index in [1.54, 1.807) is 18.2 Å². The lowest BCUT2D eigenvalue weighted by Gasteiger charge is -2.20. The maximum atomic E-state index is 6.24. The van der Waals surface area contributed by atoms with Gasteiger partial charge in [-0.3, -0.25) is 5.84 Å². The first-order valence-corrected chi connectivity index (χ1v) is 7.05. The molecule has 0 amide bonds. The van der Waals surface area contributed by atoms with Gasteiger partial charge >= 0.3 is 0 Å². The zero-order chi connectivity index (χ0) is 14.5. The minimum Gasteiger partial charge on any atom is -0.494 e. The summed E-state index contributed by atoms with van der Waals surface area (Å²) in [4.78, 5) is 0. The third-order valence-corrected chi connectivity index (χ3v) is 3.62. The number of hydrogen-bond donors (Lipinski definition) is 2. The molecule has 0 saturated carbocycles. The first-order valence-electron chi connectivity index (χ1n) is 6.30. The van der Waals surface area contributed by atoms with Crippen molar-refractivity contribution in [2.24, 2.45) is 5.84 Å². The molecule has 0 aliphatic carbocycles. The average molecular weight is 311 g/mol. The second-order valence-electron chi connectivity index (χ2n) is 4.24. The Balaban J connectivity index is 2.44. The van der Waals surface area contributed by atoms with Crippen molar-refractivity contribution in [2.75, 3.05) is 6.61 Å². The van der Waals surface area contributed by atoms with E-state index in [1.165, 1.54) is 0 Å². The van der Waals surface area contributed by atoms with Crippen LogP contribution in [-0.2, 0) is 0 Å². The van der Waals surface area contributed by atoms with E-state index in [2.05, 4.69) is 5.43 Å². The molecule has 1 unspecified atom stereocenters. The van der Waals surface area contributed by atoms with Crippen molar-refractivity contribution in [3.63, 3.8) is 0 Å². The second-order valence-corrected chi connectivity index (χ2v) is 5.05. The Morgan fingerprint density at radius 2 is 1.80 bits per heavy atom. The molecular formula is C15H16Cl2N2O. The summed E-state index contributed by atoms with van der Waals surface area (Å²) in [6, 6.07) is 12.8. The SMILES string of the molecule is CCOc1cccc(C(NN)c2c(Cl)cccc2Cl)c1. The molecule has 20 heavy (non-hydrogen) atoms. The van der Waals surface area contributed by atoms with Crippen LogP contribution in [0.2, 0.25) is 10.0 Å². The van der Waals surface area contributed by atoms with Gasteiger partial charge in [-0.2, -0.15) is 0 Å². The van der Waals surface area contributed by atoms with E-state index in [-0.39, 0.29) is 6.04 Å². The van der Waals surface area contributed by atoms with E-state index in [0.29, 0.717) is 16.7 Å². The molecule has 3 N–H and O–H groups in total. The molecule has 106 valence electrons. The van der Waals surface area contributed by atoms with Crippen LogP contribution in [-0.4, -0.2) is 6.61 Å². The Bertz CT molecular complexity index is 570. The number of rotatable bonds is 5. The van der Waals surface area contributed by atoms with Gasteiger partial charge < -0.3 is 4.74 Å². The summed E-state index contributed by atoms with van der Waals surface area (Å²) in [5.74, 6) is 6.48. The lowest BCUT2D eigenvalue weighted by molar-refractivity contribution is 0.339. The second kappa shape index (κ2) is 6.95. The highest BCUT2D eigenvalue weighted by Crippen LogP contribution is 2.34. The lowest BCUT2D eigenvalue weighted by Crippen LogP contribution is -2.29. The van der Waals surface area contributed by atoms with Gasteiger partial charge in [0, 0.05) is 15.6 Å². The fraction of sp³-hybridized carbons (Fsp3) is 0.200. The Hall–Kier alpha value is -1.26. The van der Waals surface area contributed by atoms with Gasteiger partial charge in [-0.25, -0.2) is 5.43 Å². The van der Waals surface area contributed by atoms with Gasteiger partial charge in [0.1, 0.15) is 5.75 Å². The van der Waals surface area contributed by atoms with Gasteiger partial charge in [0.2, 0.25) is 0 Å². The van der Waals surface area contributed by atoms with E-state index in [4.69, 9.17) is 33.8 Å². The highest BCUT2D eigenvalue weighted by molar-refractivity contribution is 6.36. The molecule has 0 radical (unpaired) electrons. The van der Waals surface area contributed by atoms with Crippen molar-refractivity contribution in [3.8, 4) is 5.75 Å². The predicted octanol–water partition coefficient (Wildman–Crippen LogP) is 3.94. The summed E-state index contributed by atoms with van der Waals surface area (Å²) in [6.07, 6.45) is 0. The van der Waals surface area contributed by atoms with Crippen LogP contribution in [0.25, 0.3) is 0 Å². The van der Waals surface area contributed by atoms with Crippen molar-refractivity contribution in [1.29, 1.82) is 0 Å². The number of hydrogen-bond acceptors (Lipinski definition) is 3. The van der Waals surface area contributed by atoms with Gasteiger partial charge in [-0.15, -0.1) is 0 Å². The quantitative estimate of drug-likeness (QED) is 0.649. The number of benzene rings is 2. The molecule has 0 aliphatic rings. The Morgan fingerprint density at radius 3 is 2.40 bits per heavy atom. The maximum Gasteiger partial charge on any atom is 0.119 e. The minimum atomic E-state index is -0.295. The summed E-state index contributed by atoms with van der Waals surface area (Å²) < 4.78 is 5.50. The fourth-order valence-electron chi connectivity index (χ4n) is 2.08. The molecule has 0 aromatic heterocycles. The van der Waals surface area contributed by atoms with Crippen LogP contribution in [0, 0.1) is 0 Å². The van der Waals surface area contributed by atoms with E-state index in [9.17, 15) is 0 Å². The van der Waals surface area contributed by atoms with Crippen LogP contribution in [0.3, 0.4) is 0 Å². The van der Waals surface area contributed by atoms with Crippen molar-refractivity contribution in [3.05, 3.63) is 63.6 Å². The van der Waals surface area contributed by atoms with Crippen molar-refractivity contribution >= 4 is 23.2 Å². The summed E-state index contributed by atoms with van der Waals surface area (Å²) in [5.41, 5.74) is 4.46. The Kier molecular flexibility index (Phi) is 5.26. The fourth-order valence-corrected chi connectivity index (χ4v) is 2.70. The zero-order valence-corrected chi connectivity index (χ0v) is 12.6. The average Bonchev–Trinajstić information content (AvgIpc) is 2.44. The molecule has 3 nitrogen and oxygen atoms in total. The zero-order valence-electron chi connectivity index (χ0n) is 11.1.